The van der Waals surface area contributed by atoms with Crippen LogP contribution in [0.15, 0.2) is 42.5 Å². The van der Waals surface area contributed by atoms with E-state index in [4.69, 9.17) is 12.2 Å². The SMILES string of the molecule is O=C(Nc1cccc(-n2[nH]nnc2=S)c1)c1cc(O)ccc1O. The van der Waals surface area contributed by atoms with E-state index in [1.165, 1.54) is 22.9 Å². The number of hydrogen-bond acceptors (Lipinski definition) is 6. The molecule has 0 aliphatic carbocycles. The maximum absolute atomic E-state index is 12.2. The highest BCUT2D eigenvalue weighted by atomic mass is 32.1. The van der Waals surface area contributed by atoms with Crippen molar-refractivity contribution in [3.63, 3.8) is 0 Å². The first kappa shape index (κ1) is 14.7. The first-order chi connectivity index (χ1) is 11.0. The number of nitrogens with zero attached hydrogens (tertiary/aromatic N) is 3. The van der Waals surface area contributed by atoms with Gasteiger partial charge in [-0.05, 0) is 48.6 Å². The molecule has 23 heavy (non-hydrogen) atoms. The predicted octanol–water partition coefficient (Wildman–Crippen LogP) is 1.99. The van der Waals surface area contributed by atoms with E-state index >= 15 is 0 Å². The Balaban J connectivity index is 1.89. The summed E-state index contributed by atoms with van der Waals surface area (Å²) in [5.41, 5.74) is 1.08. The molecule has 0 saturated carbocycles. The third-order valence-corrected chi connectivity index (χ3v) is 3.32. The lowest BCUT2D eigenvalue weighted by Gasteiger charge is -2.09. The van der Waals surface area contributed by atoms with Crippen LogP contribution in [-0.2, 0) is 0 Å². The molecule has 0 aliphatic heterocycles. The molecule has 116 valence electrons. The smallest absolute Gasteiger partial charge is 0.259 e. The summed E-state index contributed by atoms with van der Waals surface area (Å²) in [5, 5.41) is 31.7. The molecular formula is C14H11N5O3S. The van der Waals surface area contributed by atoms with Crippen molar-refractivity contribution >= 4 is 23.8 Å². The van der Waals surface area contributed by atoms with Crippen molar-refractivity contribution < 1.29 is 15.0 Å². The van der Waals surface area contributed by atoms with Gasteiger partial charge in [0, 0.05) is 5.69 Å². The molecular weight excluding hydrogens is 318 g/mol. The van der Waals surface area contributed by atoms with Crippen LogP contribution in [0.3, 0.4) is 0 Å². The molecule has 1 heterocycles. The van der Waals surface area contributed by atoms with Crippen LogP contribution >= 0.6 is 12.2 Å². The number of carbonyl (C=O) groups excluding carboxylic acids is 1. The number of benzene rings is 2. The largest absolute Gasteiger partial charge is 0.508 e. The first-order valence-electron chi connectivity index (χ1n) is 6.48. The molecule has 0 spiro atoms. The third kappa shape index (κ3) is 3.04. The molecule has 1 aromatic heterocycles. The van der Waals surface area contributed by atoms with Crippen molar-refractivity contribution in [2.45, 2.75) is 0 Å². The van der Waals surface area contributed by atoms with E-state index < -0.39 is 5.91 Å². The second-order valence-electron chi connectivity index (χ2n) is 4.62. The fourth-order valence-corrected chi connectivity index (χ4v) is 2.18. The second-order valence-corrected chi connectivity index (χ2v) is 4.99. The van der Waals surface area contributed by atoms with E-state index in [1.54, 1.807) is 24.3 Å². The summed E-state index contributed by atoms with van der Waals surface area (Å²) in [7, 11) is 0. The summed E-state index contributed by atoms with van der Waals surface area (Å²) in [4.78, 5) is 12.2. The van der Waals surface area contributed by atoms with Crippen LogP contribution in [0.4, 0.5) is 5.69 Å². The molecule has 2 aromatic carbocycles. The van der Waals surface area contributed by atoms with Gasteiger partial charge in [0.2, 0.25) is 4.77 Å². The highest BCUT2D eigenvalue weighted by Gasteiger charge is 2.12. The summed E-state index contributed by atoms with van der Waals surface area (Å²) < 4.78 is 1.72. The molecule has 0 aliphatic rings. The predicted molar refractivity (Wildman–Crippen MR) is 84.3 cm³/mol. The van der Waals surface area contributed by atoms with Gasteiger partial charge in [0.25, 0.3) is 5.91 Å². The Morgan fingerprint density at radius 2 is 2.04 bits per heavy atom. The second kappa shape index (κ2) is 5.89. The number of nitrogens with one attached hydrogen (secondary N) is 2. The van der Waals surface area contributed by atoms with Crippen molar-refractivity contribution in [2.24, 2.45) is 0 Å². The zero-order chi connectivity index (χ0) is 16.4. The molecule has 0 unspecified atom stereocenters. The lowest BCUT2D eigenvalue weighted by atomic mass is 10.1. The Morgan fingerprint density at radius 3 is 2.78 bits per heavy atom. The van der Waals surface area contributed by atoms with Gasteiger partial charge in [0.15, 0.2) is 0 Å². The number of aromatic nitrogens is 4. The molecule has 0 bridgehead atoms. The fraction of sp³-hybridized carbons (Fsp3) is 0. The highest BCUT2D eigenvalue weighted by molar-refractivity contribution is 7.71. The number of anilines is 1. The molecule has 8 nitrogen and oxygen atoms in total. The van der Waals surface area contributed by atoms with Crippen molar-refractivity contribution in [3.8, 4) is 17.2 Å². The van der Waals surface area contributed by atoms with E-state index in [9.17, 15) is 15.0 Å². The van der Waals surface area contributed by atoms with E-state index in [2.05, 4.69) is 20.8 Å². The number of aromatic hydroxyl groups is 2. The van der Waals surface area contributed by atoms with Crippen LogP contribution in [0, 0.1) is 4.77 Å². The number of rotatable bonds is 3. The number of aromatic amines is 1. The molecule has 4 N–H and O–H groups in total. The minimum Gasteiger partial charge on any atom is -0.508 e. The summed E-state index contributed by atoms with van der Waals surface area (Å²) in [6.07, 6.45) is 0. The maximum Gasteiger partial charge on any atom is 0.259 e. The monoisotopic (exact) mass is 329 g/mol. The van der Waals surface area contributed by atoms with Crippen LogP contribution in [0.1, 0.15) is 10.4 Å². The summed E-state index contributed by atoms with van der Waals surface area (Å²) in [5.74, 6) is -0.894. The summed E-state index contributed by atoms with van der Waals surface area (Å²) >= 11 is 5.02. The van der Waals surface area contributed by atoms with Crippen LogP contribution in [0.5, 0.6) is 11.5 Å². The molecule has 0 atom stereocenters. The van der Waals surface area contributed by atoms with Gasteiger partial charge in [-0.25, -0.2) is 4.68 Å². The Labute approximate surface area is 135 Å². The van der Waals surface area contributed by atoms with Gasteiger partial charge in [-0.1, -0.05) is 16.4 Å². The normalized spacial score (nSPS) is 10.4. The molecule has 0 radical (unpaired) electrons. The number of phenols is 2. The van der Waals surface area contributed by atoms with Crippen molar-refractivity contribution in [2.75, 3.05) is 5.32 Å². The van der Waals surface area contributed by atoms with Crippen LogP contribution in [0.25, 0.3) is 5.69 Å². The molecule has 3 aromatic rings. The van der Waals surface area contributed by atoms with Gasteiger partial charge >= 0.3 is 0 Å². The lowest BCUT2D eigenvalue weighted by Crippen LogP contribution is -2.12. The van der Waals surface area contributed by atoms with Crippen LogP contribution < -0.4 is 5.32 Å². The molecule has 0 fully saturated rings. The molecule has 1 amide bonds. The van der Waals surface area contributed by atoms with Gasteiger partial charge in [-0.2, -0.15) is 5.21 Å². The van der Waals surface area contributed by atoms with E-state index in [0.29, 0.717) is 11.4 Å². The first-order valence-corrected chi connectivity index (χ1v) is 6.89. The van der Waals surface area contributed by atoms with Gasteiger partial charge in [-0.15, -0.1) is 0 Å². The average molecular weight is 329 g/mol. The van der Waals surface area contributed by atoms with Crippen LogP contribution in [-0.4, -0.2) is 36.3 Å². The zero-order valence-electron chi connectivity index (χ0n) is 11.6. The quantitative estimate of drug-likeness (QED) is 0.431. The van der Waals surface area contributed by atoms with Gasteiger partial charge in [0.05, 0.1) is 11.3 Å². The highest BCUT2D eigenvalue weighted by Crippen LogP contribution is 2.23. The Hall–Kier alpha value is -3.20. The zero-order valence-corrected chi connectivity index (χ0v) is 12.4. The van der Waals surface area contributed by atoms with Crippen molar-refractivity contribution in [3.05, 3.63) is 52.8 Å². The average Bonchev–Trinajstić information content (AvgIpc) is 2.96. The van der Waals surface area contributed by atoms with E-state index in [-0.39, 0.29) is 21.8 Å². The van der Waals surface area contributed by atoms with Gasteiger partial charge in [0.1, 0.15) is 11.5 Å². The Morgan fingerprint density at radius 1 is 1.22 bits per heavy atom. The minimum atomic E-state index is -0.554. The molecule has 0 saturated heterocycles. The standard InChI is InChI=1S/C14H11N5O3S/c20-10-4-5-12(21)11(7-10)13(22)15-8-2-1-3-9(6-8)19-14(23)16-17-18-19/h1-7,20-21H,(H,15,22)(H,16,18,23). The van der Waals surface area contributed by atoms with Crippen molar-refractivity contribution in [1.29, 1.82) is 0 Å². The summed E-state index contributed by atoms with van der Waals surface area (Å²) in [6.45, 7) is 0. The maximum atomic E-state index is 12.2. The topological polar surface area (TPSA) is 116 Å². The number of phenolic OH excluding ortho intramolecular Hbond substituents is 2. The molecule has 9 heteroatoms. The Bertz CT molecular complexity index is 934. The lowest BCUT2D eigenvalue weighted by molar-refractivity contribution is 0.102. The van der Waals surface area contributed by atoms with Gasteiger partial charge < -0.3 is 15.5 Å². The van der Waals surface area contributed by atoms with Gasteiger partial charge in [-0.3, -0.25) is 4.79 Å². The number of hydrogen-bond donors (Lipinski definition) is 4. The Kier molecular flexibility index (Phi) is 3.77. The number of H-pyrrole nitrogens is 1. The van der Waals surface area contributed by atoms with Crippen LogP contribution in [0.2, 0.25) is 0 Å². The van der Waals surface area contributed by atoms with E-state index in [1.807, 2.05) is 0 Å². The number of amides is 1. The summed E-state index contributed by atoms with van der Waals surface area (Å²) in [6, 6.07) is 10.5. The molecule has 3 rings (SSSR count). The minimum absolute atomic E-state index is 0.0322. The number of tetrazole rings is 1. The number of carbonyl (C=O) groups is 1. The third-order valence-electron chi connectivity index (χ3n) is 3.06. The van der Waals surface area contributed by atoms with Crippen molar-refractivity contribution in [1.82, 2.24) is 20.2 Å². The van der Waals surface area contributed by atoms with E-state index in [0.717, 1.165) is 0 Å². The fourth-order valence-electron chi connectivity index (χ4n) is 1.99.